The quantitative estimate of drug-likeness (QED) is 0.489. The van der Waals surface area contributed by atoms with Crippen LogP contribution >= 0.6 is 0 Å². The Morgan fingerprint density at radius 1 is 1.38 bits per heavy atom. The summed E-state index contributed by atoms with van der Waals surface area (Å²) in [6.07, 6.45) is 5.89. The van der Waals surface area contributed by atoms with Gasteiger partial charge in [0.1, 0.15) is 0 Å². The standard InChI is InChI=1S/C8H16/c1-3-8-5-4-7(2)6-8/h7-8H,3-6H2,1-2H3/t7?,8-/m1/s1. The summed E-state index contributed by atoms with van der Waals surface area (Å²) < 4.78 is 0. The van der Waals surface area contributed by atoms with Crippen LogP contribution in [0.2, 0.25) is 0 Å². The summed E-state index contributed by atoms with van der Waals surface area (Å²) in [5, 5.41) is 0. The zero-order valence-corrected chi connectivity index (χ0v) is 5.98. The van der Waals surface area contributed by atoms with E-state index in [1.165, 1.54) is 25.7 Å². The van der Waals surface area contributed by atoms with E-state index in [9.17, 15) is 0 Å². The molecule has 1 rings (SSSR count). The second-order valence-electron chi connectivity index (χ2n) is 3.19. The summed E-state index contributed by atoms with van der Waals surface area (Å²) in [5.41, 5.74) is 0. The van der Waals surface area contributed by atoms with Crippen molar-refractivity contribution in [1.29, 1.82) is 0 Å². The third-order valence-corrected chi connectivity index (χ3v) is 2.38. The molecule has 0 heteroatoms. The van der Waals surface area contributed by atoms with Gasteiger partial charge in [0.2, 0.25) is 0 Å². The molecule has 1 aliphatic carbocycles. The van der Waals surface area contributed by atoms with E-state index in [1.54, 1.807) is 0 Å². The van der Waals surface area contributed by atoms with Crippen LogP contribution in [0.3, 0.4) is 0 Å². The second kappa shape index (κ2) is 2.52. The van der Waals surface area contributed by atoms with Gasteiger partial charge >= 0.3 is 0 Å². The number of hydrogen-bond acceptors (Lipinski definition) is 0. The van der Waals surface area contributed by atoms with Gasteiger partial charge in [-0.3, -0.25) is 0 Å². The Bertz CT molecular complexity index is 66.4. The van der Waals surface area contributed by atoms with Gasteiger partial charge in [0.15, 0.2) is 0 Å². The lowest BCUT2D eigenvalue weighted by atomic mass is 10.0. The Morgan fingerprint density at radius 2 is 2.12 bits per heavy atom. The van der Waals surface area contributed by atoms with Gasteiger partial charge in [-0.1, -0.05) is 33.1 Å². The van der Waals surface area contributed by atoms with Crippen LogP contribution in [0.4, 0.5) is 0 Å². The van der Waals surface area contributed by atoms with Gasteiger partial charge in [-0.2, -0.15) is 0 Å². The highest BCUT2D eigenvalue weighted by Crippen LogP contribution is 2.31. The lowest BCUT2D eigenvalue weighted by molar-refractivity contribution is 0.501. The Balaban J connectivity index is 2.22. The van der Waals surface area contributed by atoms with E-state index in [-0.39, 0.29) is 0 Å². The molecule has 0 N–H and O–H groups in total. The van der Waals surface area contributed by atoms with E-state index >= 15 is 0 Å². The van der Waals surface area contributed by atoms with Crippen LogP contribution in [0, 0.1) is 11.8 Å². The van der Waals surface area contributed by atoms with E-state index in [1.807, 2.05) is 0 Å². The molecule has 2 atom stereocenters. The maximum Gasteiger partial charge on any atom is -0.0414 e. The Hall–Kier alpha value is 0. The van der Waals surface area contributed by atoms with Crippen molar-refractivity contribution in [2.75, 3.05) is 0 Å². The first-order valence-electron chi connectivity index (χ1n) is 3.83. The Labute approximate surface area is 52.3 Å². The smallest absolute Gasteiger partial charge is 0.0414 e. The van der Waals surface area contributed by atoms with Crippen LogP contribution in [0.25, 0.3) is 0 Å². The molecule has 0 heterocycles. The minimum atomic E-state index is 1.03. The highest BCUT2D eigenvalue weighted by Gasteiger charge is 2.18. The van der Waals surface area contributed by atoms with Crippen LogP contribution in [-0.4, -0.2) is 0 Å². The van der Waals surface area contributed by atoms with Crippen molar-refractivity contribution in [3.63, 3.8) is 0 Å². The van der Waals surface area contributed by atoms with Crippen molar-refractivity contribution >= 4 is 0 Å². The Kier molecular flexibility index (Phi) is 1.93. The first-order chi connectivity index (χ1) is 3.83. The molecule has 1 unspecified atom stereocenters. The monoisotopic (exact) mass is 112 g/mol. The number of rotatable bonds is 1. The van der Waals surface area contributed by atoms with Gasteiger partial charge in [0, 0.05) is 0 Å². The summed E-state index contributed by atoms with van der Waals surface area (Å²) in [6, 6.07) is 0. The molecule has 0 nitrogen and oxygen atoms in total. The Morgan fingerprint density at radius 3 is 2.38 bits per heavy atom. The van der Waals surface area contributed by atoms with Crippen molar-refractivity contribution < 1.29 is 0 Å². The third-order valence-electron chi connectivity index (χ3n) is 2.38. The van der Waals surface area contributed by atoms with Gasteiger partial charge < -0.3 is 0 Å². The van der Waals surface area contributed by atoms with Gasteiger partial charge in [0.05, 0.1) is 0 Å². The van der Waals surface area contributed by atoms with Crippen LogP contribution in [0.5, 0.6) is 0 Å². The lowest BCUT2D eigenvalue weighted by Crippen LogP contribution is -1.89. The first-order valence-corrected chi connectivity index (χ1v) is 3.83. The van der Waals surface area contributed by atoms with Gasteiger partial charge in [-0.15, -0.1) is 0 Å². The number of hydrogen-bond donors (Lipinski definition) is 0. The van der Waals surface area contributed by atoms with Crippen LogP contribution < -0.4 is 0 Å². The summed E-state index contributed by atoms with van der Waals surface area (Å²) in [6.45, 7) is 4.68. The molecule has 0 spiro atoms. The third kappa shape index (κ3) is 1.24. The molecule has 1 fully saturated rings. The average Bonchev–Trinajstić information content (AvgIpc) is 2.14. The normalized spacial score (nSPS) is 38.2. The second-order valence-corrected chi connectivity index (χ2v) is 3.19. The highest BCUT2D eigenvalue weighted by molar-refractivity contribution is 4.70. The maximum atomic E-state index is 2.37. The first kappa shape index (κ1) is 6.12. The molecule has 0 aliphatic heterocycles. The summed E-state index contributed by atoms with van der Waals surface area (Å²) in [5.74, 6) is 2.10. The molecule has 0 aromatic heterocycles. The van der Waals surface area contributed by atoms with Crippen LogP contribution in [-0.2, 0) is 0 Å². The van der Waals surface area contributed by atoms with Crippen molar-refractivity contribution in [2.24, 2.45) is 11.8 Å². The maximum absolute atomic E-state index is 2.37. The minimum absolute atomic E-state index is 1.03. The van der Waals surface area contributed by atoms with Crippen molar-refractivity contribution in [3.8, 4) is 0 Å². The topological polar surface area (TPSA) is 0 Å². The fourth-order valence-corrected chi connectivity index (χ4v) is 1.70. The average molecular weight is 112 g/mol. The van der Waals surface area contributed by atoms with Crippen molar-refractivity contribution in [1.82, 2.24) is 0 Å². The van der Waals surface area contributed by atoms with E-state index in [4.69, 9.17) is 0 Å². The van der Waals surface area contributed by atoms with Crippen molar-refractivity contribution in [3.05, 3.63) is 0 Å². The minimum Gasteiger partial charge on any atom is -0.0651 e. The predicted molar refractivity (Wildman–Crippen MR) is 36.8 cm³/mol. The van der Waals surface area contributed by atoms with Gasteiger partial charge in [-0.05, 0) is 18.3 Å². The molecular weight excluding hydrogens is 96.1 g/mol. The van der Waals surface area contributed by atoms with Gasteiger partial charge in [0.25, 0.3) is 0 Å². The van der Waals surface area contributed by atoms with Crippen molar-refractivity contribution in [2.45, 2.75) is 39.5 Å². The van der Waals surface area contributed by atoms with E-state index < -0.39 is 0 Å². The van der Waals surface area contributed by atoms with Crippen LogP contribution in [0.1, 0.15) is 39.5 Å². The molecule has 0 bridgehead atoms. The largest absolute Gasteiger partial charge is 0.0651 e. The molecule has 0 aromatic carbocycles. The SMILES string of the molecule is CC[C@@H]1CCC(C)C1. The molecule has 0 aromatic rings. The molecule has 0 saturated heterocycles. The lowest BCUT2D eigenvalue weighted by Gasteiger charge is -2.02. The van der Waals surface area contributed by atoms with E-state index in [2.05, 4.69) is 13.8 Å². The molecule has 1 aliphatic rings. The molecule has 8 heavy (non-hydrogen) atoms. The molecule has 0 amide bonds. The fraction of sp³-hybridized carbons (Fsp3) is 1.00. The fourth-order valence-electron chi connectivity index (χ4n) is 1.70. The summed E-state index contributed by atoms with van der Waals surface area (Å²) in [7, 11) is 0. The molecular formula is C8H16. The summed E-state index contributed by atoms with van der Waals surface area (Å²) >= 11 is 0. The molecule has 0 radical (unpaired) electrons. The molecule has 1 saturated carbocycles. The van der Waals surface area contributed by atoms with E-state index in [0.29, 0.717) is 0 Å². The molecule has 48 valence electrons. The zero-order valence-electron chi connectivity index (χ0n) is 5.98. The van der Waals surface area contributed by atoms with Gasteiger partial charge in [-0.25, -0.2) is 0 Å². The highest BCUT2D eigenvalue weighted by atomic mass is 14.2. The van der Waals surface area contributed by atoms with Crippen LogP contribution in [0.15, 0.2) is 0 Å². The van der Waals surface area contributed by atoms with E-state index in [0.717, 1.165) is 11.8 Å². The zero-order chi connectivity index (χ0) is 5.98. The summed E-state index contributed by atoms with van der Waals surface area (Å²) in [4.78, 5) is 0. The predicted octanol–water partition coefficient (Wildman–Crippen LogP) is 2.83.